The molecule has 0 aliphatic rings. The largest absolute Gasteiger partial charge is 0.490 e. The predicted octanol–water partition coefficient (Wildman–Crippen LogP) is 1.15. The smallest absolute Gasteiger partial charge is 0.336 e. The van der Waals surface area contributed by atoms with Crippen molar-refractivity contribution >= 4 is 12.0 Å². The fraction of sp³-hybridized carbons (Fsp3) is 0.182. The molecule has 15 heavy (non-hydrogen) atoms. The Morgan fingerprint density at radius 1 is 1.47 bits per heavy atom. The van der Waals surface area contributed by atoms with Gasteiger partial charge < -0.3 is 14.9 Å². The zero-order valence-electron chi connectivity index (χ0n) is 8.09. The number of ether oxygens (including phenoxy) is 1. The summed E-state index contributed by atoms with van der Waals surface area (Å²) in [5, 5.41) is 17.3. The van der Waals surface area contributed by atoms with Gasteiger partial charge in [0.05, 0.1) is 0 Å². The zero-order chi connectivity index (χ0) is 11.3. The Bertz CT molecular complexity index is 342. The fourth-order valence-corrected chi connectivity index (χ4v) is 0.947. The SMILES string of the molecule is C=Cc1ccc(OC[C@@H](O)C(=O)O)cc1. The Kier molecular flexibility index (Phi) is 3.88. The molecule has 0 spiro atoms. The number of aliphatic hydroxyl groups is 1. The van der Waals surface area contributed by atoms with Crippen LogP contribution in [0.5, 0.6) is 5.75 Å². The summed E-state index contributed by atoms with van der Waals surface area (Å²) in [6, 6.07) is 6.95. The van der Waals surface area contributed by atoms with E-state index in [4.69, 9.17) is 14.9 Å². The molecule has 1 aromatic rings. The number of carboxylic acids is 1. The van der Waals surface area contributed by atoms with Gasteiger partial charge in [-0.3, -0.25) is 0 Å². The lowest BCUT2D eigenvalue weighted by Gasteiger charge is -2.08. The standard InChI is InChI=1S/C11H12O4/c1-2-8-3-5-9(6-4-8)15-7-10(12)11(13)14/h2-6,10,12H,1,7H2,(H,13,14)/t10-/m1/s1. The number of aliphatic carboxylic acids is 1. The van der Waals surface area contributed by atoms with Gasteiger partial charge in [-0.15, -0.1) is 0 Å². The maximum Gasteiger partial charge on any atom is 0.336 e. The Hall–Kier alpha value is -1.81. The number of carbonyl (C=O) groups is 1. The van der Waals surface area contributed by atoms with Gasteiger partial charge in [0.25, 0.3) is 0 Å². The highest BCUT2D eigenvalue weighted by Crippen LogP contribution is 2.12. The maximum absolute atomic E-state index is 10.3. The molecule has 0 amide bonds. The first-order chi connectivity index (χ1) is 7.13. The Morgan fingerprint density at radius 3 is 2.53 bits per heavy atom. The van der Waals surface area contributed by atoms with Crippen LogP contribution in [-0.2, 0) is 4.79 Å². The average molecular weight is 208 g/mol. The first-order valence-electron chi connectivity index (χ1n) is 4.39. The summed E-state index contributed by atoms with van der Waals surface area (Å²) < 4.78 is 5.06. The van der Waals surface area contributed by atoms with Crippen molar-refractivity contribution in [3.8, 4) is 5.75 Å². The summed E-state index contributed by atoms with van der Waals surface area (Å²) in [6.45, 7) is 3.34. The van der Waals surface area contributed by atoms with E-state index in [2.05, 4.69) is 6.58 Å². The van der Waals surface area contributed by atoms with Crippen molar-refractivity contribution in [2.45, 2.75) is 6.10 Å². The molecule has 0 heterocycles. The van der Waals surface area contributed by atoms with E-state index in [0.717, 1.165) is 5.56 Å². The summed E-state index contributed by atoms with van der Waals surface area (Å²) in [6.07, 6.45) is 0.194. The molecule has 1 rings (SSSR count). The Labute approximate surface area is 87.4 Å². The van der Waals surface area contributed by atoms with Gasteiger partial charge in [0.2, 0.25) is 0 Å². The molecule has 0 aliphatic carbocycles. The second-order valence-electron chi connectivity index (χ2n) is 2.94. The van der Waals surface area contributed by atoms with E-state index in [1.165, 1.54) is 0 Å². The lowest BCUT2D eigenvalue weighted by Crippen LogP contribution is -2.26. The van der Waals surface area contributed by atoms with E-state index in [1.807, 2.05) is 0 Å². The van der Waals surface area contributed by atoms with Crippen molar-refractivity contribution in [1.29, 1.82) is 0 Å². The van der Waals surface area contributed by atoms with Gasteiger partial charge in [0.15, 0.2) is 6.10 Å². The van der Waals surface area contributed by atoms with Gasteiger partial charge >= 0.3 is 5.97 Å². The molecule has 4 heteroatoms. The van der Waals surface area contributed by atoms with Crippen molar-refractivity contribution < 1.29 is 19.7 Å². The van der Waals surface area contributed by atoms with Gasteiger partial charge in [-0.05, 0) is 17.7 Å². The minimum absolute atomic E-state index is 0.261. The van der Waals surface area contributed by atoms with Crippen LogP contribution in [0.1, 0.15) is 5.56 Å². The Morgan fingerprint density at radius 2 is 2.07 bits per heavy atom. The van der Waals surface area contributed by atoms with Crippen molar-refractivity contribution in [1.82, 2.24) is 0 Å². The molecule has 0 fully saturated rings. The average Bonchev–Trinajstić information content (AvgIpc) is 2.26. The third-order valence-corrected chi connectivity index (χ3v) is 1.81. The summed E-state index contributed by atoms with van der Waals surface area (Å²) >= 11 is 0. The molecule has 0 unspecified atom stereocenters. The monoisotopic (exact) mass is 208 g/mol. The van der Waals surface area contributed by atoms with Gasteiger partial charge in [-0.25, -0.2) is 4.79 Å². The fourth-order valence-electron chi connectivity index (χ4n) is 0.947. The molecule has 0 bridgehead atoms. The summed E-state index contributed by atoms with van der Waals surface area (Å²) in [7, 11) is 0. The molecular weight excluding hydrogens is 196 g/mol. The van der Waals surface area contributed by atoms with Crippen LogP contribution < -0.4 is 4.74 Å². The van der Waals surface area contributed by atoms with E-state index in [0.29, 0.717) is 5.75 Å². The van der Waals surface area contributed by atoms with E-state index >= 15 is 0 Å². The van der Waals surface area contributed by atoms with Crippen molar-refractivity contribution in [3.05, 3.63) is 36.4 Å². The molecule has 0 saturated heterocycles. The number of carboxylic acid groups (broad SMARTS) is 1. The quantitative estimate of drug-likeness (QED) is 0.761. The van der Waals surface area contributed by atoms with Crippen LogP contribution in [-0.4, -0.2) is 28.9 Å². The second kappa shape index (κ2) is 5.17. The van der Waals surface area contributed by atoms with Crippen LogP contribution in [0.4, 0.5) is 0 Å². The third-order valence-electron chi connectivity index (χ3n) is 1.81. The highest BCUT2D eigenvalue weighted by Gasteiger charge is 2.13. The lowest BCUT2D eigenvalue weighted by atomic mass is 10.2. The maximum atomic E-state index is 10.3. The van der Waals surface area contributed by atoms with E-state index in [-0.39, 0.29) is 6.61 Å². The summed E-state index contributed by atoms with van der Waals surface area (Å²) in [5.74, 6) is -0.779. The number of aliphatic hydroxyl groups excluding tert-OH is 1. The van der Waals surface area contributed by atoms with E-state index < -0.39 is 12.1 Å². The van der Waals surface area contributed by atoms with Crippen molar-refractivity contribution in [2.24, 2.45) is 0 Å². The zero-order valence-corrected chi connectivity index (χ0v) is 8.09. The molecule has 0 saturated carbocycles. The molecule has 1 aromatic carbocycles. The van der Waals surface area contributed by atoms with Crippen LogP contribution in [0.15, 0.2) is 30.8 Å². The number of rotatable bonds is 5. The topological polar surface area (TPSA) is 66.8 Å². The molecule has 2 N–H and O–H groups in total. The highest BCUT2D eigenvalue weighted by molar-refractivity contribution is 5.72. The second-order valence-corrected chi connectivity index (χ2v) is 2.94. The Balaban J connectivity index is 2.51. The molecular formula is C11H12O4. The minimum Gasteiger partial charge on any atom is -0.490 e. The van der Waals surface area contributed by atoms with Crippen LogP contribution >= 0.6 is 0 Å². The molecule has 0 radical (unpaired) electrons. The van der Waals surface area contributed by atoms with E-state index in [9.17, 15) is 4.79 Å². The van der Waals surface area contributed by atoms with Crippen molar-refractivity contribution in [3.63, 3.8) is 0 Å². The van der Waals surface area contributed by atoms with Crippen LogP contribution in [0, 0.1) is 0 Å². The van der Waals surface area contributed by atoms with Crippen LogP contribution in [0.25, 0.3) is 6.08 Å². The highest BCUT2D eigenvalue weighted by atomic mass is 16.5. The lowest BCUT2D eigenvalue weighted by molar-refractivity contribution is -0.148. The molecule has 80 valence electrons. The summed E-state index contributed by atoms with van der Waals surface area (Å²) in [4.78, 5) is 10.3. The number of hydrogen-bond acceptors (Lipinski definition) is 3. The third kappa shape index (κ3) is 3.44. The van der Waals surface area contributed by atoms with Gasteiger partial charge in [0.1, 0.15) is 12.4 Å². The number of hydrogen-bond donors (Lipinski definition) is 2. The first kappa shape index (κ1) is 11.3. The molecule has 0 aromatic heterocycles. The van der Waals surface area contributed by atoms with E-state index in [1.54, 1.807) is 30.3 Å². The molecule has 0 aliphatic heterocycles. The summed E-state index contributed by atoms with van der Waals surface area (Å²) in [5.41, 5.74) is 0.945. The normalized spacial score (nSPS) is 11.8. The van der Waals surface area contributed by atoms with Gasteiger partial charge in [0, 0.05) is 0 Å². The molecule has 1 atom stereocenters. The van der Waals surface area contributed by atoms with Crippen LogP contribution in [0.3, 0.4) is 0 Å². The van der Waals surface area contributed by atoms with Crippen LogP contribution in [0.2, 0.25) is 0 Å². The minimum atomic E-state index is -1.50. The van der Waals surface area contributed by atoms with Gasteiger partial charge in [-0.1, -0.05) is 24.8 Å². The van der Waals surface area contributed by atoms with Crippen molar-refractivity contribution in [2.75, 3.05) is 6.61 Å². The first-order valence-corrected chi connectivity index (χ1v) is 4.39. The van der Waals surface area contributed by atoms with Gasteiger partial charge in [-0.2, -0.15) is 0 Å². The number of benzene rings is 1. The predicted molar refractivity (Wildman–Crippen MR) is 55.7 cm³/mol. The molecule has 4 nitrogen and oxygen atoms in total.